The number of nitrogens with zero attached hydrogens (tertiary/aromatic N) is 2. The zero-order chi connectivity index (χ0) is 16.9. The summed E-state index contributed by atoms with van der Waals surface area (Å²) < 4.78 is 5.63. The fourth-order valence-corrected chi connectivity index (χ4v) is 3.94. The van der Waals surface area contributed by atoms with Crippen molar-refractivity contribution in [1.82, 2.24) is 9.80 Å². The predicted octanol–water partition coefficient (Wildman–Crippen LogP) is 3.10. The second kappa shape index (κ2) is 8.02. The van der Waals surface area contributed by atoms with E-state index in [1.165, 1.54) is 31.2 Å². The van der Waals surface area contributed by atoms with Gasteiger partial charge in [-0.3, -0.25) is 9.69 Å². The molecular formula is C20H30N2O2. The fraction of sp³-hybridized carbons (Fsp3) is 0.650. The predicted molar refractivity (Wildman–Crippen MR) is 96.2 cm³/mol. The fourth-order valence-electron chi connectivity index (χ4n) is 3.94. The van der Waals surface area contributed by atoms with Crippen LogP contribution in [0.15, 0.2) is 24.3 Å². The van der Waals surface area contributed by atoms with Crippen LogP contribution in [0.5, 0.6) is 5.75 Å². The van der Waals surface area contributed by atoms with Crippen LogP contribution in [0.2, 0.25) is 0 Å². The lowest BCUT2D eigenvalue weighted by Gasteiger charge is -2.42. The van der Waals surface area contributed by atoms with Gasteiger partial charge in [0.15, 0.2) is 6.61 Å². The van der Waals surface area contributed by atoms with Crippen LogP contribution in [0.4, 0.5) is 0 Å². The first-order valence-electron chi connectivity index (χ1n) is 9.33. The molecule has 1 aliphatic heterocycles. The molecule has 0 spiro atoms. The van der Waals surface area contributed by atoms with E-state index in [0.29, 0.717) is 0 Å². The Kier molecular flexibility index (Phi) is 5.77. The van der Waals surface area contributed by atoms with Crippen LogP contribution in [-0.4, -0.2) is 54.5 Å². The van der Waals surface area contributed by atoms with Gasteiger partial charge in [-0.25, -0.2) is 0 Å². The number of rotatable bonds is 4. The third kappa shape index (κ3) is 4.50. The average Bonchev–Trinajstić information content (AvgIpc) is 2.61. The lowest BCUT2D eigenvalue weighted by atomic mass is 9.86. The van der Waals surface area contributed by atoms with Crippen LogP contribution in [0.25, 0.3) is 0 Å². The molecule has 132 valence electrons. The topological polar surface area (TPSA) is 32.8 Å². The Morgan fingerprint density at radius 1 is 1.12 bits per heavy atom. The first-order valence-corrected chi connectivity index (χ1v) is 9.33. The van der Waals surface area contributed by atoms with Gasteiger partial charge in [-0.15, -0.1) is 0 Å². The van der Waals surface area contributed by atoms with E-state index in [9.17, 15) is 4.79 Å². The van der Waals surface area contributed by atoms with E-state index in [2.05, 4.69) is 11.8 Å². The normalized spacial score (nSPS) is 25.5. The van der Waals surface area contributed by atoms with Crippen LogP contribution >= 0.6 is 0 Å². The highest BCUT2D eigenvalue weighted by atomic mass is 16.5. The summed E-state index contributed by atoms with van der Waals surface area (Å²) in [5.74, 6) is 1.72. The van der Waals surface area contributed by atoms with Gasteiger partial charge in [-0.1, -0.05) is 37.5 Å². The zero-order valence-corrected chi connectivity index (χ0v) is 15.0. The highest BCUT2D eigenvalue weighted by molar-refractivity contribution is 5.77. The number of hydrogen-bond donors (Lipinski definition) is 0. The molecule has 1 aromatic rings. The van der Waals surface area contributed by atoms with E-state index in [0.717, 1.165) is 43.9 Å². The number of aryl methyl sites for hydroxylation is 1. The quantitative estimate of drug-likeness (QED) is 0.850. The minimum atomic E-state index is 0.104. The Morgan fingerprint density at radius 3 is 2.50 bits per heavy atom. The zero-order valence-electron chi connectivity index (χ0n) is 15.0. The third-order valence-electron chi connectivity index (χ3n) is 5.48. The minimum absolute atomic E-state index is 0.104. The molecule has 1 heterocycles. The van der Waals surface area contributed by atoms with Gasteiger partial charge < -0.3 is 9.64 Å². The molecule has 24 heavy (non-hydrogen) atoms. The van der Waals surface area contributed by atoms with Crippen molar-refractivity contribution in [3.05, 3.63) is 29.8 Å². The Hall–Kier alpha value is -1.55. The Balaban J connectivity index is 1.42. The highest BCUT2D eigenvalue weighted by Gasteiger charge is 2.28. The van der Waals surface area contributed by atoms with E-state index in [1.807, 2.05) is 36.1 Å². The van der Waals surface area contributed by atoms with Crippen LogP contribution in [0.1, 0.15) is 38.2 Å². The van der Waals surface area contributed by atoms with E-state index >= 15 is 0 Å². The molecule has 4 heteroatoms. The van der Waals surface area contributed by atoms with Crippen molar-refractivity contribution in [2.24, 2.45) is 5.92 Å². The summed E-state index contributed by atoms with van der Waals surface area (Å²) in [6.45, 7) is 8.24. The van der Waals surface area contributed by atoms with E-state index in [4.69, 9.17) is 4.74 Å². The van der Waals surface area contributed by atoms with E-state index < -0.39 is 0 Å². The molecule has 1 amide bonds. The van der Waals surface area contributed by atoms with Crippen molar-refractivity contribution in [2.75, 3.05) is 32.8 Å². The number of carbonyl (C=O) groups excluding carboxylic acids is 1. The summed E-state index contributed by atoms with van der Waals surface area (Å²) in [4.78, 5) is 16.9. The van der Waals surface area contributed by atoms with Crippen molar-refractivity contribution >= 4 is 5.91 Å². The number of carbonyl (C=O) groups is 1. The van der Waals surface area contributed by atoms with Gasteiger partial charge in [0, 0.05) is 32.2 Å². The number of amides is 1. The third-order valence-corrected chi connectivity index (χ3v) is 5.48. The smallest absolute Gasteiger partial charge is 0.260 e. The highest BCUT2D eigenvalue weighted by Crippen LogP contribution is 2.27. The summed E-state index contributed by atoms with van der Waals surface area (Å²) in [5.41, 5.74) is 1.20. The summed E-state index contributed by atoms with van der Waals surface area (Å²) in [6, 6.07) is 8.58. The monoisotopic (exact) mass is 330 g/mol. The maximum absolute atomic E-state index is 12.4. The van der Waals surface area contributed by atoms with Crippen molar-refractivity contribution in [3.63, 3.8) is 0 Å². The molecule has 3 rings (SSSR count). The van der Waals surface area contributed by atoms with Crippen molar-refractivity contribution in [1.29, 1.82) is 0 Å². The lowest BCUT2D eigenvalue weighted by Crippen LogP contribution is -2.53. The molecular weight excluding hydrogens is 300 g/mol. The number of piperazine rings is 1. The number of ether oxygens (including phenoxy) is 1. The molecule has 1 saturated heterocycles. The summed E-state index contributed by atoms with van der Waals surface area (Å²) in [5, 5.41) is 0. The molecule has 2 atom stereocenters. The number of benzene rings is 1. The maximum atomic E-state index is 12.4. The van der Waals surface area contributed by atoms with Crippen molar-refractivity contribution in [2.45, 2.75) is 45.6 Å². The molecule has 0 unspecified atom stereocenters. The van der Waals surface area contributed by atoms with Gasteiger partial charge in [0.05, 0.1) is 0 Å². The lowest BCUT2D eigenvalue weighted by molar-refractivity contribution is -0.135. The van der Waals surface area contributed by atoms with E-state index in [-0.39, 0.29) is 12.5 Å². The molecule has 0 bridgehead atoms. The van der Waals surface area contributed by atoms with Gasteiger partial charge in [0.2, 0.25) is 0 Å². The van der Waals surface area contributed by atoms with Gasteiger partial charge in [-0.2, -0.15) is 0 Å². The van der Waals surface area contributed by atoms with Crippen molar-refractivity contribution < 1.29 is 9.53 Å². The first kappa shape index (κ1) is 17.3. The summed E-state index contributed by atoms with van der Waals surface area (Å²) in [6.07, 6.45) is 5.39. The second-order valence-electron chi connectivity index (χ2n) is 7.44. The van der Waals surface area contributed by atoms with Gasteiger partial charge in [0.1, 0.15) is 5.75 Å². The molecule has 0 N–H and O–H groups in total. The first-order chi connectivity index (χ1) is 11.6. The molecule has 1 aliphatic carbocycles. The Bertz CT molecular complexity index is 535. The standard InChI is InChI=1S/C20H30N2O2/c1-16-6-8-19(9-7-16)24-15-20(23)22-12-10-21(11-13-22)18-5-3-4-17(2)14-18/h6-9,17-18H,3-5,10-15H2,1-2H3/t17-,18+/m0/s1. The molecule has 2 fully saturated rings. The van der Waals surface area contributed by atoms with Crippen LogP contribution in [0, 0.1) is 12.8 Å². The van der Waals surface area contributed by atoms with Gasteiger partial charge in [-0.05, 0) is 37.8 Å². The Morgan fingerprint density at radius 2 is 1.83 bits per heavy atom. The SMILES string of the molecule is Cc1ccc(OCC(=O)N2CCN([C@@H]3CCC[C@H](C)C3)CC2)cc1. The van der Waals surface area contributed by atoms with Gasteiger partial charge in [0.25, 0.3) is 5.91 Å². The van der Waals surface area contributed by atoms with Crippen LogP contribution < -0.4 is 4.74 Å². The molecule has 2 aliphatic rings. The van der Waals surface area contributed by atoms with Gasteiger partial charge >= 0.3 is 0 Å². The molecule has 1 aromatic carbocycles. The summed E-state index contributed by atoms with van der Waals surface area (Å²) >= 11 is 0. The largest absolute Gasteiger partial charge is 0.484 e. The number of hydrogen-bond acceptors (Lipinski definition) is 3. The maximum Gasteiger partial charge on any atom is 0.260 e. The van der Waals surface area contributed by atoms with Crippen LogP contribution in [-0.2, 0) is 4.79 Å². The summed E-state index contributed by atoms with van der Waals surface area (Å²) in [7, 11) is 0. The molecule has 1 saturated carbocycles. The van der Waals surface area contributed by atoms with E-state index in [1.54, 1.807) is 0 Å². The van der Waals surface area contributed by atoms with Crippen molar-refractivity contribution in [3.8, 4) is 5.75 Å². The molecule has 0 radical (unpaired) electrons. The second-order valence-corrected chi connectivity index (χ2v) is 7.44. The minimum Gasteiger partial charge on any atom is -0.484 e. The average molecular weight is 330 g/mol. The van der Waals surface area contributed by atoms with Crippen LogP contribution in [0.3, 0.4) is 0 Å². The molecule has 0 aromatic heterocycles. The Labute approximate surface area is 145 Å². The molecule has 4 nitrogen and oxygen atoms in total.